The second-order valence-corrected chi connectivity index (χ2v) is 9.04. The number of aliphatic hydroxyl groups is 1. The fraction of sp³-hybridized carbons (Fsp3) is 0.464. The summed E-state index contributed by atoms with van der Waals surface area (Å²) in [7, 11) is 0. The molecule has 1 fully saturated rings. The molecule has 0 saturated carbocycles. The molecule has 0 radical (unpaired) electrons. The van der Waals surface area contributed by atoms with Crippen LogP contribution in [-0.4, -0.2) is 70.5 Å². The van der Waals surface area contributed by atoms with E-state index in [0.29, 0.717) is 25.2 Å². The van der Waals surface area contributed by atoms with Crippen LogP contribution < -0.4 is 0 Å². The van der Waals surface area contributed by atoms with Gasteiger partial charge in [-0.1, -0.05) is 42.5 Å². The fourth-order valence-electron chi connectivity index (χ4n) is 4.94. The van der Waals surface area contributed by atoms with Gasteiger partial charge in [0.1, 0.15) is 0 Å². The highest BCUT2D eigenvalue weighted by molar-refractivity contribution is 5.94. The summed E-state index contributed by atoms with van der Waals surface area (Å²) in [5.74, 6) is 0.0745. The number of rotatable bonds is 9. The van der Waals surface area contributed by atoms with Gasteiger partial charge in [0, 0.05) is 50.4 Å². The van der Waals surface area contributed by atoms with E-state index in [-0.39, 0.29) is 18.6 Å². The average Bonchev–Trinajstić information content (AvgIpc) is 2.83. The summed E-state index contributed by atoms with van der Waals surface area (Å²) in [4.78, 5) is 19.7. The van der Waals surface area contributed by atoms with E-state index < -0.39 is 0 Å². The summed E-state index contributed by atoms with van der Waals surface area (Å²) < 4.78 is 0. The van der Waals surface area contributed by atoms with Gasteiger partial charge in [-0.05, 0) is 56.5 Å². The Morgan fingerprint density at radius 3 is 2.39 bits per heavy atom. The first-order chi connectivity index (χ1) is 15.9. The van der Waals surface area contributed by atoms with Crippen LogP contribution in [0.25, 0.3) is 0 Å². The molecule has 1 heterocycles. The zero-order valence-corrected chi connectivity index (χ0v) is 20.6. The number of carbonyl (C=O) groups excluding carboxylic acids is 1. The molecule has 5 nitrogen and oxygen atoms in total. The Hall–Kier alpha value is -2.47. The maximum atomic E-state index is 12.8. The average molecular weight is 450 g/mol. The van der Waals surface area contributed by atoms with Gasteiger partial charge < -0.3 is 10.0 Å². The molecule has 3 rings (SSSR count). The third-order valence-electron chi connectivity index (χ3n) is 6.83. The minimum Gasteiger partial charge on any atom is -0.392 e. The number of hydrogen-bond donors (Lipinski definition) is 1. The highest BCUT2D eigenvalue weighted by Crippen LogP contribution is 2.34. The van der Waals surface area contributed by atoms with Crippen LogP contribution in [0.1, 0.15) is 60.8 Å². The van der Waals surface area contributed by atoms with Crippen molar-refractivity contribution in [1.82, 2.24) is 14.7 Å². The molecule has 1 aliphatic rings. The van der Waals surface area contributed by atoms with E-state index >= 15 is 0 Å². The lowest BCUT2D eigenvalue weighted by Crippen LogP contribution is -2.57. The summed E-state index contributed by atoms with van der Waals surface area (Å²) in [6.07, 6.45) is 1.98. The SMILES string of the molecule is C=CCN1C[C@H](C)N([C@H](c2ccc(C(=O)N(CC)CC)cc2)c2cccc(CO)c2)C[C@H]1C. The van der Waals surface area contributed by atoms with Crippen LogP contribution in [0, 0.1) is 0 Å². The van der Waals surface area contributed by atoms with Crippen LogP contribution in [0.4, 0.5) is 0 Å². The topological polar surface area (TPSA) is 47.0 Å². The largest absolute Gasteiger partial charge is 0.392 e. The summed E-state index contributed by atoms with van der Waals surface area (Å²) >= 11 is 0. The van der Waals surface area contributed by atoms with E-state index in [0.717, 1.165) is 36.3 Å². The molecule has 0 aliphatic carbocycles. The first kappa shape index (κ1) is 25.2. The molecular weight excluding hydrogens is 410 g/mol. The van der Waals surface area contributed by atoms with E-state index in [1.54, 1.807) is 0 Å². The normalized spacial score (nSPS) is 20.4. The van der Waals surface area contributed by atoms with Crippen molar-refractivity contribution in [2.45, 2.75) is 52.4 Å². The smallest absolute Gasteiger partial charge is 0.253 e. The molecule has 0 bridgehead atoms. The van der Waals surface area contributed by atoms with E-state index in [4.69, 9.17) is 0 Å². The number of amides is 1. The maximum absolute atomic E-state index is 12.8. The Morgan fingerprint density at radius 1 is 1.09 bits per heavy atom. The molecule has 5 heteroatoms. The van der Waals surface area contributed by atoms with Crippen LogP contribution in [-0.2, 0) is 6.61 Å². The molecule has 1 aliphatic heterocycles. The number of carbonyl (C=O) groups is 1. The molecular formula is C28H39N3O2. The Balaban J connectivity index is 1.98. The van der Waals surface area contributed by atoms with Gasteiger partial charge in [0.05, 0.1) is 12.6 Å². The van der Waals surface area contributed by atoms with Crippen LogP contribution >= 0.6 is 0 Å². The van der Waals surface area contributed by atoms with Crippen molar-refractivity contribution in [3.63, 3.8) is 0 Å². The van der Waals surface area contributed by atoms with Crippen molar-refractivity contribution in [2.24, 2.45) is 0 Å². The Kier molecular flexibility index (Phi) is 8.84. The summed E-state index contributed by atoms with van der Waals surface area (Å²) in [5, 5.41) is 9.74. The van der Waals surface area contributed by atoms with Crippen molar-refractivity contribution in [3.05, 3.63) is 83.4 Å². The second-order valence-electron chi connectivity index (χ2n) is 9.04. The number of nitrogens with zero attached hydrogens (tertiary/aromatic N) is 3. The Labute approximate surface area is 199 Å². The van der Waals surface area contributed by atoms with Gasteiger partial charge in [-0.3, -0.25) is 14.6 Å². The minimum atomic E-state index is 0.0247. The third-order valence-corrected chi connectivity index (χ3v) is 6.83. The van der Waals surface area contributed by atoms with Gasteiger partial charge in [-0.25, -0.2) is 0 Å². The Bertz CT molecular complexity index is 923. The highest BCUT2D eigenvalue weighted by atomic mass is 16.3. The van der Waals surface area contributed by atoms with E-state index in [1.165, 1.54) is 5.56 Å². The number of hydrogen-bond acceptors (Lipinski definition) is 4. The summed E-state index contributed by atoms with van der Waals surface area (Å²) in [6, 6.07) is 17.2. The quantitative estimate of drug-likeness (QED) is 0.579. The van der Waals surface area contributed by atoms with E-state index in [2.05, 4.69) is 54.5 Å². The lowest BCUT2D eigenvalue weighted by Gasteiger charge is -2.47. The van der Waals surface area contributed by atoms with Crippen molar-refractivity contribution in [1.29, 1.82) is 0 Å². The molecule has 2 aromatic rings. The van der Waals surface area contributed by atoms with Gasteiger partial charge in [-0.15, -0.1) is 6.58 Å². The first-order valence-electron chi connectivity index (χ1n) is 12.1. The van der Waals surface area contributed by atoms with Crippen LogP contribution in [0.5, 0.6) is 0 Å². The number of aliphatic hydroxyl groups excluding tert-OH is 1. The van der Waals surface area contributed by atoms with Gasteiger partial charge in [0.2, 0.25) is 0 Å². The summed E-state index contributed by atoms with van der Waals surface area (Å²) in [5.41, 5.74) is 3.97. The second kappa shape index (κ2) is 11.6. The zero-order valence-electron chi connectivity index (χ0n) is 20.6. The molecule has 0 aromatic heterocycles. The first-order valence-corrected chi connectivity index (χ1v) is 12.1. The van der Waals surface area contributed by atoms with Crippen molar-refractivity contribution < 1.29 is 9.90 Å². The van der Waals surface area contributed by atoms with Gasteiger partial charge in [-0.2, -0.15) is 0 Å². The van der Waals surface area contributed by atoms with Gasteiger partial charge >= 0.3 is 0 Å². The van der Waals surface area contributed by atoms with Crippen molar-refractivity contribution in [3.8, 4) is 0 Å². The van der Waals surface area contributed by atoms with Crippen LogP contribution in [0.2, 0.25) is 0 Å². The molecule has 0 spiro atoms. The lowest BCUT2D eigenvalue weighted by atomic mass is 9.92. The monoisotopic (exact) mass is 449 g/mol. The predicted octanol–water partition coefficient (Wildman–Crippen LogP) is 4.33. The maximum Gasteiger partial charge on any atom is 0.253 e. The highest BCUT2D eigenvalue weighted by Gasteiger charge is 2.34. The third kappa shape index (κ3) is 5.72. The fourth-order valence-corrected chi connectivity index (χ4v) is 4.94. The molecule has 178 valence electrons. The van der Waals surface area contributed by atoms with Crippen molar-refractivity contribution >= 4 is 5.91 Å². The molecule has 2 aromatic carbocycles. The van der Waals surface area contributed by atoms with Gasteiger partial charge in [0.25, 0.3) is 5.91 Å². The van der Waals surface area contributed by atoms with Crippen LogP contribution in [0.15, 0.2) is 61.2 Å². The standard InChI is InChI=1S/C28H39N3O2/c1-6-16-30-18-22(5)31(19-21(30)4)27(26-11-9-10-23(17-26)20-32)24-12-14-25(15-13-24)28(33)29(7-2)8-3/h6,9-15,17,21-22,27,32H,1,7-8,16,18-20H2,2-5H3/t21-,22+,27-/m1/s1. The molecule has 33 heavy (non-hydrogen) atoms. The predicted molar refractivity (Wildman–Crippen MR) is 135 cm³/mol. The minimum absolute atomic E-state index is 0.0247. The molecule has 1 N–H and O–H groups in total. The van der Waals surface area contributed by atoms with Gasteiger partial charge in [0.15, 0.2) is 0 Å². The molecule has 3 atom stereocenters. The van der Waals surface area contributed by atoms with Crippen molar-refractivity contribution in [2.75, 3.05) is 32.7 Å². The lowest BCUT2D eigenvalue weighted by molar-refractivity contribution is 0.0306. The van der Waals surface area contributed by atoms with E-state index in [9.17, 15) is 9.90 Å². The Morgan fingerprint density at radius 2 is 1.79 bits per heavy atom. The zero-order chi connectivity index (χ0) is 24.0. The number of benzene rings is 2. The molecule has 1 saturated heterocycles. The molecule has 1 amide bonds. The molecule has 0 unspecified atom stereocenters. The van der Waals surface area contributed by atoms with E-state index in [1.807, 2.05) is 49.1 Å². The summed E-state index contributed by atoms with van der Waals surface area (Å²) in [6.45, 7) is 16.7. The number of piperazine rings is 1. The van der Waals surface area contributed by atoms with Crippen LogP contribution in [0.3, 0.4) is 0 Å².